The van der Waals surface area contributed by atoms with Crippen molar-refractivity contribution < 1.29 is 9.50 Å². The van der Waals surface area contributed by atoms with E-state index >= 15 is 0 Å². The SMILES string of the molecule is CCN(CC(C)C)CC(C)C(O)c1ccccc1F. The van der Waals surface area contributed by atoms with Crippen LogP contribution in [0.25, 0.3) is 0 Å². The molecule has 0 amide bonds. The molecule has 2 atom stereocenters. The van der Waals surface area contributed by atoms with Crippen molar-refractivity contribution >= 4 is 0 Å². The average Bonchev–Trinajstić information content (AvgIpc) is 2.37. The molecule has 0 heterocycles. The van der Waals surface area contributed by atoms with E-state index in [0.717, 1.165) is 19.6 Å². The lowest BCUT2D eigenvalue weighted by molar-refractivity contribution is 0.0833. The van der Waals surface area contributed by atoms with E-state index in [2.05, 4.69) is 25.7 Å². The van der Waals surface area contributed by atoms with Gasteiger partial charge in [-0.25, -0.2) is 4.39 Å². The van der Waals surface area contributed by atoms with Gasteiger partial charge < -0.3 is 10.0 Å². The van der Waals surface area contributed by atoms with Crippen LogP contribution < -0.4 is 0 Å². The van der Waals surface area contributed by atoms with E-state index in [4.69, 9.17) is 0 Å². The van der Waals surface area contributed by atoms with Crippen LogP contribution in [-0.4, -0.2) is 29.6 Å². The minimum atomic E-state index is -0.748. The molecular formula is C16H26FNO. The van der Waals surface area contributed by atoms with Crippen LogP contribution in [0.3, 0.4) is 0 Å². The monoisotopic (exact) mass is 267 g/mol. The predicted octanol–water partition coefficient (Wildman–Crippen LogP) is 3.47. The number of hydrogen-bond acceptors (Lipinski definition) is 2. The minimum absolute atomic E-state index is 0.00981. The highest BCUT2D eigenvalue weighted by molar-refractivity contribution is 5.20. The van der Waals surface area contributed by atoms with Gasteiger partial charge in [0.1, 0.15) is 5.82 Å². The first-order valence-electron chi connectivity index (χ1n) is 7.10. The quantitative estimate of drug-likeness (QED) is 0.817. The number of rotatable bonds is 7. The molecular weight excluding hydrogens is 241 g/mol. The molecule has 1 aromatic carbocycles. The molecule has 0 aliphatic rings. The summed E-state index contributed by atoms with van der Waals surface area (Å²) in [5, 5.41) is 10.3. The molecule has 0 spiro atoms. The molecule has 1 rings (SSSR count). The number of hydrogen-bond donors (Lipinski definition) is 1. The van der Waals surface area contributed by atoms with Crippen molar-refractivity contribution in [2.45, 2.75) is 33.8 Å². The van der Waals surface area contributed by atoms with Gasteiger partial charge in [-0.15, -0.1) is 0 Å². The maximum Gasteiger partial charge on any atom is 0.129 e. The van der Waals surface area contributed by atoms with E-state index in [9.17, 15) is 9.50 Å². The van der Waals surface area contributed by atoms with Gasteiger partial charge in [0.25, 0.3) is 0 Å². The van der Waals surface area contributed by atoms with Crippen LogP contribution in [0.15, 0.2) is 24.3 Å². The van der Waals surface area contributed by atoms with Crippen LogP contribution in [0.2, 0.25) is 0 Å². The topological polar surface area (TPSA) is 23.5 Å². The van der Waals surface area contributed by atoms with Crippen LogP contribution in [0.4, 0.5) is 4.39 Å². The summed E-state index contributed by atoms with van der Waals surface area (Å²) in [6.45, 7) is 11.2. The first-order chi connectivity index (χ1) is 8.95. The van der Waals surface area contributed by atoms with Gasteiger partial charge in [-0.1, -0.05) is 45.9 Å². The van der Waals surface area contributed by atoms with Crippen LogP contribution in [0.5, 0.6) is 0 Å². The van der Waals surface area contributed by atoms with Crippen LogP contribution >= 0.6 is 0 Å². The van der Waals surface area contributed by atoms with Gasteiger partial charge in [0.15, 0.2) is 0 Å². The van der Waals surface area contributed by atoms with Gasteiger partial charge in [0.2, 0.25) is 0 Å². The van der Waals surface area contributed by atoms with E-state index in [1.807, 2.05) is 6.92 Å². The summed E-state index contributed by atoms with van der Waals surface area (Å²) in [5.41, 5.74) is 0.399. The van der Waals surface area contributed by atoms with Crippen molar-refractivity contribution in [1.29, 1.82) is 0 Å². The lowest BCUT2D eigenvalue weighted by Gasteiger charge is -2.28. The summed E-state index contributed by atoms with van der Waals surface area (Å²) in [5.74, 6) is 0.280. The van der Waals surface area contributed by atoms with Gasteiger partial charge in [-0.2, -0.15) is 0 Å². The first kappa shape index (κ1) is 16.1. The van der Waals surface area contributed by atoms with Crippen molar-refractivity contribution in [2.75, 3.05) is 19.6 Å². The largest absolute Gasteiger partial charge is 0.388 e. The number of aliphatic hydroxyl groups excluding tert-OH is 1. The summed E-state index contributed by atoms with van der Waals surface area (Å²) in [7, 11) is 0. The summed E-state index contributed by atoms with van der Waals surface area (Å²) in [6.07, 6.45) is -0.748. The maximum atomic E-state index is 13.7. The Morgan fingerprint density at radius 1 is 1.16 bits per heavy atom. The smallest absolute Gasteiger partial charge is 0.129 e. The van der Waals surface area contributed by atoms with E-state index in [1.165, 1.54) is 6.07 Å². The molecule has 0 fully saturated rings. The Balaban J connectivity index is 2.66. The van der Waals surface area contributed by atoms with Crippen LogP contribution in [0.1, 0.15) is 39.4 Å². The fourth-order valence-corrected chi connectivity index (χ4v) is 2.38. The number of nitrogens with zero attached hydrogens (tertiary/aromatic N) is 1. The fourth-order valence-electron chi connectivity index (χ4n) is 2.38. The zero-order valence-electron chi connectivity index (χ0n) is 12.4. The third-order valence-corrected chi connectivity index (χ3v) is 3.38. The molecule has 0 aliphatic carbocycles. The second-order valence-electron chi connectivity index (χ2n) is 5.69. The van der Waals surface area contributed by atoms with Crippen molar-refractivity contribution in [2.24, 2.45) is 11.8 Å². The molecule has 2 unspecified atom stereocenters. The van der Waals surface area contributed by atoms with Crippen LogP contribution in [-0.2, 0) is 0 Å². The zero-order chi connectivity index (χ0) is 14.4. The highest BCUT2D eigenvalue weighted by Gasteiger charge is 2.21. The summed E-state index contributed by atoms with van der Waals surface area (Å²) in [4.78, 5) is 2.30. The Hall–Kier alpha value is -0.930. The molecule has 0 bridgehead atoms. The Labute approximate surface area is 116 Å². The first-order valence-corrected chi connectivity index (χ1v) is 7.10. The van der Waals surface area contributed by atoms with Crippen molar-refractivity contribution in [3.8, 4) is 0 Å². The Kier molecular flexibility index (Phi) is 6.46. The van der Waals surface area contributed by atoms with Crippen LogP contribution in [0, 0.1) is 17.7 Å². The highest BCUT2D eigenvalue weighted by Crippen LogP contribution is 2.25. The molecule has 3 heteroatoms. The molecule has 108 valence electrons. The van der Waals surface area contributed by atoms with Crippen molar-refractivity contribution in [3.05, 3.63) is 35.6 Å². The van der Waals surface area contributed by atoms with E-state index in [-0.39, 0.29) is 11.7 Å². The summed E-state index contributed by atoms with van der Waals surface area (Å²) >= 11 is 0. The molecule has 0 saturated carbocycles. The van der Waals surface area contributed by atoms with Crippen molar-refractivity contribution in [1.82, 2.24) is 4.90 Å². The predicted molar refractivity (Wildman–Crippen MR) is 77.5 cm³/mol. The van der Waals surface area contributed by atoms with E-state index in [1.54, 1.807) is 18.2 Å². The Morgan fingerprint density at radius 3 is 2.32 bits per heavy atom. The average molecular weight is 267 g/mol. The lowest BCUT2D eigenvalue weighted by Crippen LogP contribution is -2.33. The Bertz CT molecular complexity index is 381. The molecule has 1 N–H and O–H groups in total. The summed E-state index contributed by atoms with van der Waals surface area (Å²) < 4.78 is 13.7. The highest BCUT2D eigenvalue weighted by atomic mass is 19.1. The van der Waals surface area contributed by atoms with Gasteiger partial charge in [-0.05, 0) is 24.4 Å². The number of halogens is 1. The second-order valence-corrected chi connectivity index (χ2v) is 5.69. The second kappa shape index (κ2) is 7.61. The minimum Gasteiger partial charge on any atom is -0.388 e. The van der Waals surface area contributed by atoms with E-state index < -0.39 is 6.10 Å². The van der Waals surface area contributed by atoms with Gasteiger partial charge in [0.05, 0.1) is 6.10 Å². The fraction of sp³-hybridized carbons (Fsp3) is 0.625. The van der Waals surface area contributed by atoms with Crippen molar-refractivity contribution in [3.63, 3.8) is 0 Å². The van der Waals surface area contributed by atoms with Gasteiger partial charge in [-0.3, -0.25) is 0 Å². The standard InChI is InChI=1S/C16H26FNO/c1-5-18(10-12(2)3)11-13(4)16(19)14-8-6-7-9-15(14)17/h6-9,12-13,16,19H,5,10-11H2,1-4H3. The molecule has 0 aliphatic heterocycles. The number of aliphatic hydroxyl groups is 1. The normalized spacial score (nSPS) is 14.9. The molecule has 0 radical (unpaired) electrons. The zero-order valence-corrected chi connectivity index (χ0v) is 12.4. The van der Waals surface area contributed by atoms with Gasteiger partial charge in [0, 0.05) is 18.7 Å². The molecule has 2 nitrogen and oxygen atoms in total. The van der Waals surface area contributed by atoms with E-state index in [0.29, 0.717) is 11.5 Å². The molecule has 19 heavy (non-hydrogen) atoms. The lowest BCUT2D eigenvalue weighted by atomic mass is 9.96. The molecule has 0 aromatic heterocycles. The Morgan fingerprint density at radius 2 is 1.79 bits per heavy atom. The third kappa shape index (κ3) is 4.92. The van der Waals surface area contributed by atoms with Gasteiger partial charge >= 0.3 is 0 Å². The number of benzene rings is 1. The maximum absolute atomic E-state index is 13.7. The summed E-state index contributed by atoms with van der Waals surface area (Å²) in [6, 6.07) is 6.47. The molecule has 0 saturated heterocycles. The third-order valence-electron chi connectivity index (χ3n) is 3.38. The molecule has 1 aromatic rings.